The van der Waals surface area contributed by atoms with Crippen LogP contribution in [0.3, 0.4) is 0 Å². The van der Waals surface area contributed by atoms with Crippen molar-refractivity contribution in [3.63, 3.8) is 0 Å². The van der Waals surface area contributed by atoms with Crippen LogP contribution >= 0.6 is 31.9 Å². The highest BCUT2D eigenvalue weighted by Gasteiger charge is 2.13. The molecule has 0 spiro atoms. The summed E-state index contributed by atoms with van der Waals surface area (Å²) in [7, 11) is 0. The lowest BCUT2D eigenvalue weighted by Gasteiger charge is -2.12. The zero-order valence-corrected chi connectivity index (χ0v) is 15.8. The first-order valence-electron chi connectivity index (χ1n) is 7.07. The summed E-state index contributed by atoms with van der Waals surface area (Å²) in [5.41, 5.74) is 2.56. The molecule has 0 saturated heterocycles. The lowest BCUT2D eigenvalue weighted by atomic mass is 10.2. The molecule has 0 unspecified atom stereocenters. The molecule has 5 nitrogen and oxygen atoms in total. The summed E-state index contributed by atoms with van der Waals surface area (Å²) < 4.78 is 7.67. The van der Waals surface area contributed by atoms with Crippen molar-refractivity contribution in [2.45, 2.75) is 13.5 Å². The third-order valence-electron chi connectivity index (χ3n) is 3.51. The molecule has 0 aliphatic carbocycles. The number of fused-ring (bicyclic) bond motifs is 1. The van der Waals surface area contributed by atoms with E-state index in [0.29, 0.717) is 12.4 Å². The van der Waals surface area contributed by atoms with E-state index in [0.717, 1.165) is 31.1 Å². The van der Waals surface area contributed by atoms with Crippen molar-refractivity contribution in [1.29, 1.82) is 0 Å². The summed E-state index contributed by atoms with van der Waals surface area (Å²) in [5.74, 6) is 0.648. The Morgan fingerprint density at radius 1 is 1.12 bits per heavy atom. The number of halogens is 2. The molecular formula is C17H12Br2N2O3. The van der Waals surface area contributed by atoms with Crippen molar-refractivity contribution < 1.29 is 9.66 Å². The van der Waals surface area contributed by atoms with Crippen LogP contribution in [0.1, 0.15) is 11.3 Å². The topological polar surface area (TPSA) is 65.3 Å². The molecule has 0 fully saturated rings. The maximum atomic E-state index is 10.7. The van der Waals surface area contributed by atoms with Crippen LogP contribution in [-0.2, 0) is 6.61 Å². The first-order chi connectivity index (χ1) is 11.5. The van der Waals surface area contributed by atoms with Crippen LogP contribution in [0, 0.1) is 17.0 Å². The van der Waals surface area contributed by atoms with Crippen LogP contribution < -0.4 is 4.74 Å². The summed E-state index contributed by atoms with van der Waals surface area (Å²) >= 11 is 7.05. The van der Waals surface area contributed by atoms with Gasteiger partial charge >= 0.3 is 0 Å². The Balaban J connectivity index is 1.92. The van der Waals surface area contributed by atoms with Crippen molar-refractivity contribution in [3.05, 3.63) is 72.8 Å². The number of aryl methyl sites for hydroxylation is 1. The lowest BCUT2D eigenvalue weighted by Crippen LogP contribution is -1.99. The van der Waals surface area contributed by atoms with Gasteiger partial charge in [-0.2, -0.15) is 0 Å². The SMILES string of the molecule is Cc1ccc2c(Br)cc(Br)c(OCc3ccc([N+](=O)[O-])cc3)c2n1. The van der Waals surface area contributed by atoms with E-state index in [2.05, 4.69) is 36.8 Å². The molecule has 0 amide bonds. The predicted molar refractivity (Wildman–Crippen MR) is 99.3 cm³/mol. The van der Waals surface area contributed by atoms with E-state index in [1.807, 2.05) is 25.1 Å². The highest BCUT2D eigenvalue weighted by molar-refractivity contribution is 9.11. The van der Waals surface area contributed by atoms with Gasteiger partial charge in [0.05, 0.1) is 9.40 Å². The van der Waals surface area contributed by atoms with Gasteiger partial charge in [-0.05, 0) is 58.7 Å². The molecule has 0 saturated carbocycles. The molecule has 3 rings (SSSR count). The second-order valence-corrected chi connectivity index (χ2v) is 6.94. The number of pyridine rings is 1. The quantitative estimate of drug-likeness (QED) is 0.385. The molecule has 0 bridgehead atoms. The van der Waals surface area contributed by atoms with Crippen LogP contribution in [0.15, 0.2) is 51.4 Å². The number of non-ortho nitro benzene ring substituents is 1. The fourth-order valence-corrected chi connectivity index (χ4v) is 3.68. The first-order valence-corrected chi connectivity index (χ1v) is 8.66. The first kappa shape index (κ1) is 16.9. The van der Waals surface area contributed by atoms with Gasteiger partial charge in [0.15, 0.2) is 5.75 Å². The van der Waals surface area contributed by atoms with Gasteiger partial charge in [0.2, 0.25) is 0 Å². The van der Waals surface area contributed by atoms with E-state index < -0.39 is 4.92 Å². The average molecular weight is 452 g/mol. The highest BCUT2D eigenvalue weighted by atomic mass is 79.9. The van der Waals surface area contributed by atoms with Gasteiger partial charge in [0, 0.05) is 27.7 Å². The smallest absolute Gasteiger partial charge is 0.269 e. The molecule has 1 heterocycles. The number of rotatable bonds is 4. The summed E-state index contributed by atoms with van der Waals surface area (Å²) in [6.45, 7) is 2.22. The number of nitrogens with zero attached hydrogens (tertiary/aromatic N) is 2. The number of nitro benzene ring substituents is 1. The van der Waals surface area contributed by atoms with Gasteiger partial charge in [-0.3, -0.25) is 10.1 Å². The van der Waals surface area contributed by atoms with Gasteiger partial charge in [-0.1, -0.05) is 15.9 Å². The lowest BCUT2D eigenvalue weighted by molar-refractivity contribution is -0.384. The Labute approximate surface area is 155 Å². The van der Waals surface area contributed by atoms with Crippen LogP contribution in [0.25, 0.3) is 10.9 Å². The molecule has 0 aliphatic rings. The molecular weight excluding hydrogens is 440 g/mol. The normalized spacial score (nSPS) is 10.8. The Kier molecular flexibility index (Phi) is 4.82. The van der Waals surface area contributed by atoms with Crippen molar-refractivity contribution >= 4 is 48.5 Å². The minimum absolute atomic E-state index is 0.0614. The molecule has 0 N–H and O–H groups in total. The number of aromatic nitrogens is 1. The van der Waals surface area contributed by atoms with Crippen molar-refractivity contribution in [3.8, 4) is 5.75 Å². The van der Waals surface area contributed by atoms with Gasteiger partial charge in [0.1, 0.15) is 12.1 Å². The van der Waals surface area contributed by atoms with E-state index in [4.69, 9.17) is 4.74 Å². The van der Waals surface area contributed by atoms with E-state index in [-0.39, 0.29) is 5.69 Å². The third-order valence-corrected chi connectivity index (χ3v) is 4.75. The maximum Gasteiger partial charge on any atom is 0.269 e. The minimum atomic E-state index is -0.420. The van der Waals surface area contributed by atoms with Gasteiger partial charge in [-0.15, -0.1) is 0 Å². The van der Waals surface area contributed by atoms with Gasteiger partial charge < -0.3 is 4.74 Å². The van der Waals surface area contributed by atoms with Gasteiger partial charge in [-0.25, -0.2) is 4.98 Å². The van der Waals surface area contributed by atoms with E-state index in [9.17, 15) is 10.1 Å². The Morgan fingerprint density at radius 2 is 1.83 bits per heavy atom. The summed E-state index contributed by atoms with van der Waals surface area (Å²) in [6.07, 6.45) is 0. The van der Waals surface area contributed by atoms with Crippen molar-refractivity contribution in [2.75, 3.05) is 0 Å². The largest absolute Gasteiger partial charge is 0.485 e. The van der Waals surface area contributed by atoms with Crippen LogP contribution in [0.5, 0.6) is 5.75 Å². The molecule has 24 heavy (non-hydrogen) atoms. The third kappa shape index (κ3) is 3.42. The Bertz CT molecular complexity index is 927. The van der Waals surface area contributed by atoms with E-state index in [1.165, 1.54) is 12.1 Å². The number of ether oxygens (including phenoxy) is 1. The van der Waals surface area contributed by atoms with Crippen LogP contribution in [0.2, 0.25) is 0 Å². The zero-order chi connectivity index (χ0) is 17.3. The number of hydrogen-bond donors (Lipinski definition) is 0. The zero-order valence-electron chi connectivity index (χ0n) is 12.6. The highest BCUT2D eigenvalue weighted by Crippen LogP contribution is 2.38. The van der Waals surface area contributed by atoms with Crippen LogP contribution in [0.4, 0.5) is 5.69 Å². The fraction of sp³-hybridized carbons (Fsp3) is 0.118. The van der Waals surface area contributed by atoms with E-state index in [1.54, 1.807) is 12.1 Å². The van der Waals surface area contributed by atoms with E-state index >= 15 is 0 Å². The van der Waals surface area contributed by atoms with Gasteiger partial charge in [0.25, 0.3) is 5.69 Å². The molecule has 0 atom stereocenters. The van der Waals surface area contributed by atoms with Crippen molar-refractivity contribution in [2.24, 2.45) is 0 Å². The minimum Gasteiger partial charge on any atom is -0.485 e. The molecule has 3 aromatic rings. The number of benzene rings is 2. The molecule has 2 aromatic carbocycles. The molecule has 122 valence electrons. The predicted octanol–water partition coefficient (Wildman–Crippen LogP) is 5.56. The Hall–Kier alpha value is -1.99. The summed E-state index contributed by atoms with van der Waals surface area (Å²) in [5, 5.41) is 11.7. The monoisotopic (exact) mass is 450 g/mol. The number of hydrogen-bond acceptors (Lipinski definition) is 4. The fourth-order valence-electron chi connectivity index (χ4n) is 2.30. The standard InChI is InChI=1S/C17H12Br2N2O3/c1-10-2-7-13-14(18)8-15(19)17(16(13)20-10)24-9-11-3-5-12(6-4-11)21(22)23/h2-8H,9H2,1H3. The Morgan fingerprint density at radius 3 is 2.50 bits per heavy atom. The maximum absolute atomic E-state index is 10.7. The second-order valence-electron chi connectivity index (χ2n) is 5.23. The average Bonchev–Trinajstić information content (AvgIpc) is 2.54. The van der Waals surface area contributed by atoms with Crippen LogP contribution in [-0.4, -0.2) is 9.91 Å². The second kappa shape index (κ2) is 6.86. The van der Waals surface area contributed by atoms with Crippen molar-refractivity contribution in [1.82, 2.24) is 4.98 Å². The molecule has 0 aliphatic heterocycles. The molecule has 7 heteroatoms. The summed E-state index contributed by atoms with van der Waals surface area (Å²) in [6, 6.07) is 12.2. The summed E-state index contributed by atoms with van der Waals surface area (Å²) in [4.78, 5) is 14.9. The molecule has 0 radical (unpaired) electrons. The number of nitro groups is 1. The molecule has 1 aromatic heterocycles.